The Morgan fingerprint density at radius 3 is 2.57 bits per heavy atom. The van der Waals surface area contributed by atoms with Crippen LogP contribution >= 0.6 is 0 Å². The molecule has 0 spiro atoms. The van der Waals surface area contributed by atoms with Crippen molar-refractivity contribution in [1.82, 2.24) is 0 Å². The summed E-state index contributed by atoms with van der Waals surface area (Å²) in [6.07, 6.45) is -0.170. The number of carboxylic acids is 1. The van der Waals surface area contributed by atoms with Gasteiger partial charge in [-0.25, -0.2) is 0 Å². The van der Waals surface area contributed by atoms with Crippen LogP contribution in [0.3, 0.4) is 0 Å². The van der Waals surface area contributed by atoms with Gasteiger partial charge < -0.3 is 9.52 Å². The number of carboxylic acid groups (broad SMARTS) is 1. The van der Waals surface area contributed by atoms with Gasteiger partial charge in [-0.1, -0.05) is 12.1 Å². The fourth-order valence-corrected chi connectivity index (χ4v) is 2.49. The van der Waals surface area contributed by atoms with Gasteiger partial charge in [0.15, 0.2) is 0 Å². The smallest absolute Gasteiger partial charge is 0.307 e. The monoisotopic (exact) mass is 282 g/mol. The zero-order chi connectivity index (χ0) is 15.1. The van der Waals surface area contributed by atoms with Gasteiger partial charge >= 0.3 is 5.97 Å². The molecule has 2 aromatic carbocycles. The maximum Gasteiger partial charge on any atom is 0.307 e. The molecule has 0 aliphatic rings. The van der Waals surface area contributed by atoms with Crippen molar-refractivity contribution < 1.29 is 14.3 Å². The van der Waals surface area contributed by atoms with Crippen LogP contribution in [0.2, 0.25) is 0 Å². The molecule has 1 N–H and O–H groups in total. The van der Waals surface area contributed by atoms with E-state index in [1.807, 2.05) is 26.0 Å². The van der Waals surface area contributed by atoms with Gasteiger partial charge in [0.2, 0.25) is 5.43 Å². The third-order valence-electron chi connectivity index (χ3n) is 3.74. The van der Waals surface area contributed by atoms with Gasteiger partial charge in [0.05, 0.1) is 17.2 Å². The number of hydrogen-bond donors (Lipinski definition) is 1. The lowest BCUT2D eigenvalue weighted by molar-refractivity contribution is -0.136. The molecule has 0 saturated carbocycles. The Bertz CT molecular complexity index is 935. The second-order valence-corrected chi connectivity index (χ2v) is 5.23. The molecule has 0 bridgehead atoms. The molecule has 0 unspecified atom stereocenters. The number of para-hydroxylation sites is 1. The van der Waals surface area contributed by atoms with Crippen molar-refractivity contribution in [3.63, 3.8) is 0 Å². The molecule has 0 saturated heterocycles. The third-order valence-corrected chi connectivity index (χ3v) is 3.74. The maximum atomic E-state index is 12.6. The van der Waals surface area contributed by atoms with E-state index in [2.05, 4.69) is 0 Å². The van der Waals surface area contributed by atoms with E-state index in [0.717, 1.165) is 11.1 Å². The van der Waals surface area contributed by atoms with Crippen LogP contribution in [0.4, 0.5) is 0 Å². The predicted octanol–water partition coefficient (Wildman–Crippen LogP) is 3.19. The molecular weight excluding hydrogens is 268 g/mol. The highest BCUT2D eigenvalue weighted by Gasteiger charge is 2.13. The molecular formula is C17H14O4. The first-order valence-corrected chi connectivity index (χ1v) is 6.65. The van der Waals surface area contributed by atoms with Crippen molar-refractivity contribution in [3.05, 3.63) is 57.2 Å². The number of hydrogen-bond acceptors (Lipinski definition) is 3. The quantitative estimate of drug-likeness (QED) is 0.733. The summed E-state index contributed by atoms with van der Waals surface area (Å²) in [6, 6.07) is 8.67. The third kappa shape index (κ3) is 2.18. The largest absolute Gasteiger partial charge is 0.481 e. The first-order valence-electron chi connectivity index (χ1n) is 6.65. The van der Waals surface area contributed by atoms with E-state index in [9.17, 15) is 9.59 Å². The van der Waals surface area contributed by atoms with Crippen LogP contribution in [0.1, 0.15) is 16.7 Å². The lowest BCUT2D eigenvalue weighted by Gasteiger charge is -2.07. The van der Waals surface area contributed by atoms with Crippen molar-refractivity contribution >= 4 is 27.9 Å². The van der Waals surface area contributed by atoms with Crippen LogP contribution in [0.15, 0.2) is 39.5 Å². The minimum Gasteiger partial charge on any atom is -0.481 e. The van der Waals surface area contributed by atoms with Crippen LogP contribution in [0.5, 0.6) is 0 Å². The van der Waals surface area contributed by atoms with E-state index in [-0.39, 0.29) is 11.8 Å². The number of carbonyl (C=O) groups is 1. The van der Waals surface area contributed by atoms with E-state index in [4.69, 9.17) is 9.52 Å². The lowest BCUT2D eigenvalue weighted by Crippen LogP contribution is -2.06. The van der Waals surface area contributed by atoms with Gasteiger partial charge in [0.1, 0.15) is 11.2 Å². The van der Waals surface area contributed by atoms with Crippen molar-refractivity contribution in [1.29, 1.82) is 0 Å². The molecule has 1 aromatic heterocycles. The molecule has 3 aromatic rings. The lowest BCUT2D eigenvalue weighted by atomic mass is 10.0. The fourth-order valence-electron chi connectivity index (χ4n) is 2.49. The molecule has 4 heteroatoms. The molecule has 106 valence electrons. The number of benzene rings is 2. The normalized spacial score (nSPS) is 11.1. The molecule has 0 aliphatic heterocycles. The minimum absolute atomic E-state index is 0.124. The van der Waals surface area contributed by atoms with E-state index in [1.165, 1.54) is 0 Å². The van der Waals surface area contributed by atoms with Gasteiger partial charge in [-0.2, -0.15) is 0 Å². The first-order chi connectivity index (χ1) is 9.97. The van der Waals surface area contributed by atoms with Gasteiger partial charge in [0, 0.05) is 5.56 Å². The Hall–Kier alpha value is -2.62. The van der Waals surface area contributed by atoms with Crippen molar-refractivity contribution in [2.75, 3.05) is 0 Å². The summed E-state index contributed by atoms with van der Waals surface area (Å²) in [6.45, 7) is 3.89. The molecule has 21 heavy (non-hydrogen) atoms. The minimum atomic E-state index is -0.953. The first kappa shape index (κ1) is 13.4. The van der Waals surface area contributed by atoms with Crippen LogP contribution < -0.4 is 5.43 Å². The van der Waals surface area contributed by atoms with Crippen molar-refractivity contribution in [3.8, 4) is 0 Å². The fraction of sp³-hybridized carbons (Fsp3) is 0.176. The topological polar surface area (TPSA) is 67.5 Å². The molecule has 1 heterocycles. The Kier molecular flexibility index (Phi) is 3.01. The highest BCUT2D eigenvalue weighted by molar-refractivity contribution is 5.92. The van der Waals surface area contributed by atoms with Crippen LogP contribution in [-0.4, -0.2) is 11.1 Å². The second kappa shape index (κ2) is 4.74. The summed E-state index contributed by atoms with van der Waals surface area (Å²) in [5.74, 6) is -0.953. The average Bonchev–Trinajstić information content (AvgIpc) is 2.42. The van der Waals surface area contributed by atoms with E-state index in [0.29, 0.717) is 27.5 Å². The SMILES string of the molecule is Cc1cc2oc3c(CC(=O)O)cccc3c(=O)c2cc1C. The van der Waals surface area contributed by atoms with Crippen molar-refractivity contribution in [2.24, 2.45) is 0 Å². The standard InChI is InChI=1S/C17H14O4/c1-9-6-13-14(7-10(9)2)21-17-11(8-15(18)19)4-3-5-12(17)16(13)20/h3-7H,8H2,1-2H3,(H,18,19). The second-order valence-electron chi connectivity index (χ2n) is 5.23. The summed E-state index contributed by atoms with van der Waals surface area (Å²) in [4.78, 5) is 23.5. The molecule has 0 radical (unpaired) electrons. The van der Waals surface area contributed by atoms with Crippen LogP contribution in [0, 0.1) is 13.8 Å². The van der Waals surface area contributed by atoms with E-state index in [1.54, 1.807) is 18.2 Å². The molecule has 0 fully saturated rings. The Balaban J connectivity index is 2.44. The van der Waals surface area contributed by atoms with Crippen LogP contribution in [-0.2, 0) is 11.2 Å². The Morgan fingerprint density at radius 1 is 1.14 bits per heavy atom. The molecule has 4 nitrogen and oxygen atoms in total. The molecule has 0 amide bonds. The Morgan fingerprint density at radius 2 is 1.86 bits per heavy atom. The number of fused-ring (bicyclic) bond motifs is 2. The number of rotatable bonds is 2. The zero-order valence-corrected chi connectivity index (χ0v) is 11.8. The highest BCUT2D eigenvalue weighted by Crippen LogP contribution is 2.24. The maximum absolute atomic E-state index is 12.6. The van der Waals surface area contributed by atoms with E-state index < -0.39 is 5.97 Å². The van der Waals surface area contributed by atoms with Crippen molar-refractivity contribution in [2.45, 2.75) is 20.3 Å². The number of aryl methyl sites for hydroxylation is 2. The predicted molar refractivity (Wildman–Crippen MR) is 80.8 cm³/mol. The summed E-state index contributed by atoms with van der Waals surface area (Å²) < 4.78 is 5.83. The molecule has 0 aliphatic carbocycles. The summed E-state index contributed by atoms with van der Waals surface area (Å²) in [7, 11) is 0. The highest BCUT2D eigenvalue weighted by atomic mass is 16.4. The Labute approximate surface area is 120 Å². The van der Waals surface area contributed by atoms with Crippen LogP contribution in [0.25, 0.3) is 21.9 Å². The van der Waals surface area contributed by atoms with Gasteiger partial charge in [-0.05, 0) is 43.2 Å². The van der Waals surface area contributed by atoms with Gasteiger partial charge in [-0.3, -0.25) is 9.59 Å². The summed E-state index contributed by atoms with van der Waals surface area (Å²) in [5.41, 5.74) is 3.30. The molecule has 0 atom stereocenters. The number of aliphatic carboxylic acids is 1. The average molecular weight is 282 g/mol. The van der Waals surface area contributed by atoms with Gasteiger partial charge in [-0.15, -0.1) is 0 Å². The zero-order valence-electron chi connectivity index (χ0n) is 11.8. The molecule has 3 rings (SSSR count). The van der Waals surface area contributed by atoms with Gasteiger partial charge in [0.25, 0.3) is 0 Å². The van der Waals surface area contributed by atoms with E-state index >= 15 is 0 Å². The summed E-state index contributed by atoms with van der Waals surface area (Å²) >= 11 is 0. The summed E-state index contributed by atoms with van der Waals surface area (Å²) in [5, 5.41) is 9.92.